The van der Waals surface area contributed by atoms with Crippen LogP contribution in [0.4, 0.5) is 0 Å². The summed E-state index contributed by atoms with van der Waals surface area (Å²) in [5.41, 5.74) is -0.267. The van der Waals surface area contributed by atoms with E-state index in [0.29, 0.717) is 6.42 Å². The summed E-state index contributed by atoms with van der Waals surface area (Å²) in [6, 6.07) is 0. The van der Waals surface area contributed by atoms with Crippen molar-refractivity contribution in [1.82, 2.24) is 9.55 Å². The van der Waals surface area contributed by atoms with Crippen molar-refractivity contribution in [3.05, 3.63) is 18.2 Å². The predicted molar refractivity (Wildman–Crippen MR) is 68.8 cm³/mol. The highest BCUT2D eigenvalue weighted by Gasteiger charge is 2.42. The molecule has 2 rings (SSSR count). The lowest BCUT2D eigenvalue weighted by molar-refractivity contribution is 0.0351. The highest BCUT2D eigenvalue weighted by molar-refractivity contribution is 5.03. The summed E-state index contributed by atoms with van der Waals surface area (Å²) in [4.78, 5) is 4.39. The van der Waals surface area contributed by atoms with Gasteiger partial charge in [-0.3, -0.25) is 0 Å². The molecule has 1 aromatic rings. The molecule has 1 aliphatic carbocycles. The molecule has 96 valence electrons. The van der Waals surface area contributed by atoms with E-state index in [-0.39, 0.29) is 5.41 Å². The van der Waals surface area contributed by atoms with Gasteiger partial charge in [-0.2, -0.15) is 0 Å². The molecule has 0 spiro atoms. The first kappa shape index (κ1) is 12.6. The van der Waals surface area contributed by atoms with Crippen LogP contribution in [0, 0.1) is 5.41 Å². The highest BCUT2D eigenvalue weighted by Crippen LogP contribution is 2.44. The van der Waals surface area contributed by atoms with Gasteiger partial charge in [0.2, 0.25) is 0 Å². The zero-order valence-electron chi connectivity index (χ0n) is 11.2. The first-order valence-electron chi connectivity index (χ1n) is 6.67. The number of aryl methyl sites for hydroxylation is 1. The summed E-state index contributed by atoms with van der Waals surface area (Å²) in [5.74, 6) is 1.03. The standard InChI is InChI=1S/C14H24N2O/c1-4-8-16-9-7-15-12(16)10-14(17)6-5-13(2,3)11-14/h7,9,17H,4-6,8,10-11H2,1-3H3. The van der Waals surface area contributed by atoms with Gasteiger partial charge >= 0.3 is 0 Å². The molecule has 1 aliphatic rings. The van der Waals surface area contributed by atoms with E-state index in [9.17, 15) is 5.11 Å². The smallest absolute Gasteiger partial charge is 0.111 e. The minimum absolute atomic E-state index is 0.275. The van der Waals surface area contributed by atoms with Gasteiger partial charge in [0.25, 0.3) is 0 Å². The van der Waals surface area contributed by atoms with E-state index >= 15 is 0 Å². The number of rotatable bonds is 4. The average molecular weight is 236 g/mol. The maximum Gasteiger partial charge on any atom is 0.111 e. The van der Waals surface area contributed by atoms with E-state index in [0.717, 1.165) is 38.1 Å². The first-order valence-corrected chi connectivity index (χ1v) is 6.67. The second-order valence-corrected chi connectivity index (χ2v) is 6.28. The lowest BCUT2D eigenvalue weighted by atomic mass is 9.88. The molecule has 3 nitrogen and oxygen atoms in total. The maximum absolute atomic E-state index is 10.6. The average Bonchev–Trinajstić information content (AvgIpc) is 2.73. The summed E-state index contributed by atoms with van der Waals surface area (Å²) >= 11 is 0. The molecule has 17 heavy (non-hydrogen) atoms. The van der Waals surface area contributed by atoms with Crippen LogP contribution in [-0.2, 0) is 13.0 Å². The van der Waals surface area contributed by atoms with Gasteiger partial charge in [-0.05, 0) is 31.1 Å². The van der Waals surface area contributed by atoms with Gasteiger partial charge in [-0.15, -0.1) is 0 Å². The molecule has 1 atom stereocenters. The monoisotopic (exact) mass is 236 g/mol. The molecule has 3 heteroatoms. The maximum atomic E-state index is 10.6. The molecule has 1 fully saturated rings. The van der Waals surface area contributed by atoms with Crippen LogP contribution in [0.1, 0.15) is 52.3 Å². The Kier molecular flexibility index (Phi) is 3.30. The van der Waals surface area contributed by atoms with Crippen molar-refractivity contribution < 1.29 is 5.11 Å². The zero-order valence-corrected chi connectivity index (χ0v) is 11.2. The third-order valence-corrected chi connectivity index (χ3v) is 3.83. The van der Waals surface area contributed by atoms with Crippen LogP contribution < -0.4 is 0 Å². The molecule has 1 aromatic heterocycles. The van der Waals surface area contributed by atoms with Crippen LogP contribution >= 0.6 is 0 Å². The first-order chi connectivity index (χ1) is 7.94. The fraction of sp³-hybridized carbons (Fsp3) is 0.786. The van der Waals surface area contributed by atoms with Crippen molar-refractivity contribution in [3.8, 4) is 0 Å². The normalized spacial score (nSPS) is 27.5. The molecule has 0 radical (unpaired) electrons. The van der Waals surface area contributed by atoms with Gasteiger partial charge in [-0.1, -0.05) is 20.8 Å². The molecular weight excluding hydrogens is 212 g/mol. The molecule has 0 amide bonds. The van der Waals surface area contributed by atoms with Crippen molar-refractivity contribution in [2.75, 3.05) is 0 Å². The van der Waals surface area contributed by atoms with Crippen molar-refractivity contribution >= 4 is 0 Å². The molecule has 0 aromatic carbocycles. The molecule has 1 unspecified atom stereocenters. The second-order valence-electron chi connectivity index (χ2n) is 6.28. The number of imidazole rings is 1. The molecular formula is C14H24N2O. The van der Waals surface area contributed by atoms with E-state index in [2.05, 4.69) is 30.3 Å². The van der Waals surface area contributed by atoms with Crippen LogP contribution in [-0.4, -0.2) is 20.3 Å². The van der Waals surface area contributed by atoms with Gasteiger partial charge in [0.05, 0.1) is 5.60 Å². The number of hydrogen-bond acceptors (Lipinski definition) is 2. The summed E-state index contributed by atoms with van der Waals surface area (Å²) in [6.45, 7) is 7.64. The number of aliphatic hydroxyl groups is 1. The van der Waals surface area contributed by atoms with Crippen molar-refractivity contribution in [2.45, 2.75) is 65.0 Å². The number of hydrogen-bond donors (Lipinski definition) is 1. The van der Waals surface area contributed by atoms with Gasteiger partial charge in [-0.25, -0.2) is 4.98 Å². The van der Waals surface area contributed by atoms with Crippen molar-refractivity contribution in [3.63, 3.8) is 0 Å². The SMILES string of the molecule is CCCn1ccnc1CC1(O)CCC(C)(C)C1. The van der Waals surface area contributed by atoms with Gasteiger partial charge in [0.1, 0.15) is 5.82 Å². The van der Waals surface area contributed by atoms with Gasteiger partial charge < -0.3 is 9.67 Å². The Morgan fingerprint density at radius 2 is 2.18 bits per heavy atom. The van der Waals surface area contributed by atoms with Crippen LogP contribution in [0.5, 0.6) is 0 Å². The minimum atomic E-state index is -0.541. The van der Waals surface area contributed by atoms with Crippen LogP contribution in [0.2, 0.25) is 0 Å². The van der Waals surface area contributed by atoms with Crippen molar-refractivity contribution in [2.24, 2.45) is 5.41 Å². The van der Waals surface area contributed by atoms with Crippen LogP contribution in [0.15, 0.2) is 12.4 Å². The molecule has 0 saturated heterocycles. The van der Waals surface area contributed by atoms with E-state index in [1.54, 1.807) is 0 Å². The summed E-state index contributed by atoms with van der Waals surface area (Å²) < 4.78 is 2.17. The van der Waals surface area contributed by atoms with E-state index in [4.69, 9.17) is 0 Å². The third kappa shape index (κ3) is 2.89. The minimum Gasteiger partial charge on any atom is -0.389 e. The lowest BCUT2D eigenvalue weighted by Gasteiger charge is -2.25. The van der Waals surface area contributed by atoms with Gasteiger partial charge in [0, 0.05) is 25.4 Å². The molecule has 0 bridgehead atoms. The Morgan fingerprint density at radius 3 is 2.76 bits per heavy atom. The predicted octanol–water partition coefficient (Wildman–Crippen LogP) is 2.78. The Labute approximate surface area is 104 Å². The van der Waals surface area contributed by atoms with Crippen molar-refractivity contribution in [1.29, 1.82) is 0 Å². The highest BCUT2D eigenvalue weighted by atomic mass is 16.3. The van der Waals surface area contributed by atoms with E-state index in [1.165, 1.54) is 0 Å². The van der Waals surface area contributed by atoms with E-state index in [1.807, 2.05) is 12.4 Å². The Balaban J connectivity index is 2.08. The summed E-state index contributed by atoms with van der Waals surface area (Å²) in [6.07, 6.45) is 8.56. The number of aromatic nitrogens is 2. The third-order valence-electron chi connectivity index (χ3n) is 3.83. The van der Waals surface area contributed by atoms with E-state index < -0.39 is 5.60 Å². The molecule has 1 N–H and O–H groups in total. The zero-order chi connectivity index (χ0) is 12.5. The van der Waals surface area contributed by atoms with Crippen LogP contribution in [0.25, 0.3) is 0 Å². The molecule has 0 aliphatic heterocycles. The Morgan fingerprint density at radius 1 is 1.41 bits per heavy atom. The van der Waals surface area contributed by atoms with Crippen LogP contribution in [0.3, 0.4) is 0 Å². The second kappa shape index (κ2) is 4.45. The quantitative estimate of drug-likeness (QED) is 0.873. The Bertz CT molecular complexity index is 383. The lowest BCUT2D eigenvalue weighted by Crippen LogP contribution is -2.30. The molecule has 1 heterocycles. The number of nitrogens with zero attached hydrogens (tertiary/aromatic N) is 2. The largest absolute Gasteiger partial charge is 0.389 e. The fourth-order valence-corrected chi connectivity index (χ4v) is 3.04. The topological polar surface area (TPSA) is 38.0 Å². The fourth-order valence-electron chi connectivity index (χ4n) is 3.04. The summed E-state index contributed by atoms with van der Waals surface area (Å²) in [7, 11) is 0. The van der Waals surface area contributed by atoms with Gasteiger partial charge in [0.15, 0.2) is 0 Å². The summed E-state index contributed by atoms with van der Waals surface area (Å²) in [5, 5.41) is 10.6. The molecule has 1 saturated carbocycles. The Hall–Kier alpha value is -0.830.